The molecular formula is C21H16O3S. The van der Waals surface area contributed by atoms with Crippen LogP contribution >= 0.6 is 11.3 Å². The highest BCUT2D eigenvalue weighted by Gasteiger charge is 2.20. The molecule has 0 atom stereocenters. The molecule has 0 radical (unpaired) electrons. The molecule has 0 aliphatic rings. The largest absolute Gasteiger partial charge is 0.478 e. The molecule has 0 saturated heterocycles. The standard InChI is InChI=1S/C21H16O3S/c22-17(12-11-15-7-3-1-4-8-15)13-19-20(21(23)24)18(14-25-19)16-9-5-2-6-10-16/h1-12,14H,13H2,(H,23,24)/b12-11+. The van der Waals surface area contributed by atoms with Gasteiger partial charge in [-0.15, -0.1) is 11.3 Å². The van der Waals surface area contributed by atoms with Crippen LogP contribution in [0.3, 0.4) is 0 Å². The van der Waals surface area contributed by atoms with Gasteiger partial charge in [-0.25, -0.2) is 4.79 Å². The van der Waals surface area contributed by atoms with Crippen LogP contribution < -0.4 is 0 Å². The Labute approximate surface area is 149 Å². The summed E-state index contributed by atoms with van der Waals surface area (Å²) in [6.07, 6.45) is 3.33. The summed E-state index contributed by atoms with van der Waals surface area (Å²) in [5.41, 5.74) is 2.66. The fraction of sp³-hybridized carbons (Fsp3) is 0.0476. The highest BCUT2D eigenvalue weighted by Crippen LogP contribution is 2.32. The van der Waals surface area contributed by atoms with Crippen LogP contribution in [0, 0.1) is 0 Å². The van der Waals surface area contributed by atoms with Crippen molar-refractivity contribution in [3.63, 3.8) is 0 Å². The van der Waals surface area contributed by atoms with E-state index in [9.17, 15) is 14.7 Å². The number of ketones is 1. The summed E-state index contributed by atoms with van der Waals surface area (Å²) in [4.78, 5) is 24.5. The van der Waals surface area contributed by atoms with Crippen molar-refractivity contribution in [1.29, 1.82) is 0 Å². The van der Waals surface area contributed by atoms with Crippen molar-refractivity contribution in [1.82, 2.24) is 0 Å². The number of carboxylic acids is 1. The first-order valence-electron chi connectivity index (χ1n) is 7.80. The van der Waals surface area contributed by atoms with Gasteiger partial charge in [-0.3, -0.25) is 4.79 Å². The minimum Gasteiger partial charge on any atom is -0.478 e. The van der Waals surface area contributed by atoms with Crippen molar-refractivity contribution in [2.24, 2.45) is 0 Å². The Morgan fingerprint density at radius 1 is 0.960 bits per heavy atom. The van der Waals surface area contributed by atoms with E-state index in [0.717, 1.165) is 11.1 Å². The average molecular weight is 348 g/mol. The second-order valence-electron chi connectivity index (χ2n) is 5.51. The van der Waals surface area contributed by atoms with E-state index in [-0.39, 0.29) is 17.8 Å². The van der Waals surface area contributed by atoms with Crippen molar-refractivity contribution in [3.8, 4) is 11.1 Å². The monoisotopic (exact) mass is 348 g/mol. The number of rotatable bonds is 6. The Morgan fingerprint density at radius 3 is 2.24 bits per heavy atom. The van der Waals surface area contributed by atoms with Gasteiger partial charge in [0.15, 0.2) is 5.78 Å². The maximum absolute atomic E-state index is 12.2. The molecule has 0 unspecified atom stereocenters. The molecule has 3 rings (SSSR count). The lowest BCUT2D eigenvalue weighted by Crippen LogP contribution is -2.05. The van der Waals surface area contributed by atoms with Gasteiger partial charge in [0.1, 0.15) is 0 Å². The minimum absolute atomic E-state index is 0.0858. The third-order valence-electron chi connectivity index (χ3n) is 3.76. The number of carbonyl (C=O) groups excluding carboxylic acids is 1. The Morgan fingerprint density at radius 2 is 1.60 bits per heavy atom. The summed E-state index contributed by atoms with van der Waals surface area (Å²) in [5.74, 6) is -1.12. The summed E-state index contributed by atoms with van der Waals surface area (Å²) >= 11 is 1.31. The first-order chi connectivity index (χ1) is 12.1. The third kappa shape index (κ3) is 4.11. The van der Waals surface area contributed by atoms with Gasteiger partial charge in [0.2, 0.25) is 0 Å². The molecule has 1 N–H and O–H groups in total. The quantitative estimate of drug-likeness (QED) is 0.642. The van der Waals surface area contributed by atoms with Crippen molar-refractivity contribution >= 4 is 29.2 Å². The predicted octanol–water partition coefficient (Wildman–Crippen LogP) is 4.94. The molecule has 1 aromatic heterocycles. The summed E-state index contributed by atoms with van der Waals surface area (Å²) in [7, 11) is 0. The van der Waals surface area contributed by atoms with E-state index in [2.05, 4.69) is 0 Å². The van der Waals surface area contributed by atoms with Crippen molar-refractivity contribution in [2.45, 2.75) is 6.42 Å². The molecule has 124 valence electrons. The molecule has 0 fully saturated rings. The number of hydrogen-bond donors (Lipinski definition) is 1. The predicted molar refractivity (Wildman–Crippen MR) is 101 cm³/mol. The van der Waals surface area contributed by atoms with Crippen LogP contribution in [0.25, 0.3) is 17.2 Å². The summed E-state index contributed by atoms with van der Waals surface area (Å²) < 4.78 is 0. The zero-order chi connectivity index (χ0) is 17.6. The second-order valence-corrected chi connectivity index (χ2v) is 6.47. The summed E-state index contributed by atoms with van der Waals surface area (Å²) in [6.45, 7) is 0. The Hall–Kier alpha value is -2.98. The molecule has 0 spiro atoms. The van der Waals surface area contributed by atoms with Gasteiger partial charge in [0, 0.05) is 16.9 Å². The Balaban J connectivity index is 1.83. The lowest BCUT2D eigenvalue weighted by Gasteiger charge is -2.02. The molecule has 25 heavy (non-hydrogen) atoms. The first kappa shape index (κ1) is 16.9. The van der Waals surface area contributed by atoms with Gasteiger partial charge in [0.05, 0.1) is 5.56 Å². The molecule has 3 nitrogen and oxygen atoms in total. The van der Waals surface area contributed by atoms with E-state index in [1.54, 1.807) is 6.08 Å². The van der Waals surface area contributed by atoms with Crippen molar-refractivity contribution in [3.05, 3.63) is 88.1 Å². The Kier molecular flexibility index (Phi) is 5.21. The molecular weight excluding hydrogens is 332 g/mol. The zero-order valence-electron chi connectivity index (χ0n) is 13.4. The lowest BCUT2D eigenvalue weighted by atomic mass is 10.0. The van der Waals surface area contributed by atoms with Gasteiger partial charge >= 0.3 is 5.97 Å². The summed E-state index contributed by atoms with van der Waals surface area (Å²) in [5, 5.41) is 11.4. The van der Waals surface area contributed by atoms with Crippen LogP contribution in [-0.4, -0.2) is 16.9 Å². The molecule has 4 heteroatoms. The fourth-order valence-electron chi connectivity index (χ4n) is 2.56. The van der Waals surface area contributed by atoms with Crippen LogP contribution in [-0.2, 0) is 11.2 Å². The van der Waals surface area contributed by atoms with Gasteiger partial charge in [-0.1, -0.05) is 66.7 Å². The van der Waals surface area contributed by atoms with E-state index in [1.807, 2.05) is 66.0 Å². The van der Waals surface area contributed by atoms with Crippen LogP contribution in [0.15, 0.2) is 72.1 Å². The molecule has 0 saturated carbocycles. The van der Waals surface area contributed by atoms with E-state index in [4.69, 9.17) is 0 Å². The number of thiophene rings is 1. The topological polar surface area (TPSA) is 54.4 Å². The van der Waals surface area contributed by atoms with Crippen molar-refractivity contribution in [2.75, 3.05) is 0 Å². The highest BCUT2D eigenvalue weighted by molar-refractivity contribution is 7.11. The van der Waals surface area contributed by atoms with Gasteiger partial charge in [-0.05, 0) is 22.6 Å². The normalized spacial score (nSPS) is 10.9. The first-order valence-corrected chi connectivity index (χ1v) is 8.68. The van der Waals surface area contributed by atoms with Crippen LogP contribution in [0.1, 0.15) is 20.8 Å². The minimum atomic E-state index is -1.00. The van der Waals surface area contributed by atoms with Gasteiger partial charge < -0.3 is 5.11 Å². The number of hydrogen-bond acceptors (Lipinski definition) is 3. The van der Waals surface area contributed by atoms with Gasteiger partial charge in [-0.2, -0.15) is 0 Å². The zero-order valence-corrected chi connectivity index (χ0v) is 14.2. The van der Waals surface area contributed by atoms with E-state index < -0.39 is 5.97 Å². The fourth-order valence-corrected chi connectivity index (χ4v) is 3.62. The average Bonchev–Trinajstić information content (AvgIpc) is 3.05. The van der Waals surface area contributed by atoms with E-state index in [1.165, 1.54) is 17.4 Å². The number of benzene rings is 2. The molecule has 3 aromatic rings. The molecule has 0 amide bonds. The molecule has 0 aliphatic heterocycles. The summed E-state index contributed by atoms with van der Waals surface area (Å²) in [6, 6.07) is 18.9. The smallest absolute Gasteiger partial charge is 0.337 e. The number of allylic oxidation sites excluding steroid dienone is 1. The van der Waals surface area contributed by atoms with Crippen LogP contribution in [0.2, 0.25) is 0 Å². The molecule has 0 aliphatic carbocycles. The molecule has 0 bridgehead atoms. The Bertz CT molecular complexity index is 909. The van der Waals surface area contributed by atoms with Gasteiger partial charge in [0.25, 0.3) is 0 Å². The second kappa shape index (κ2) is 7.73. The molecule has 2 aromatic carbocycles. The third-order valence-corrected chi connectivity index (χ3v) is 4.75. The van der Waals surface area contributed by atoms with Crippen LogP contribution in [0.4, 0.5) is 0 Å². The van der Waals surface area contributed by atoms with E-state index >= 15 is 0 Å². The number of carbonyl (C=O) groups is 2. The van der Waals surface area contributed by atoms with E-state index in [0.29, 0.717) is 10.4 Å². The number of carboxylic acid groups (broad SMARTS) is 1. The maximum atomic E-state index is 12.2. The highest BCUT2D eigenvalue weighted by atomic mass is 32.1. The molecule has 1 heterocycles. The number of aromatic carboxylic acids is 1. The SMILES string of the molecule is O=C(/C=C/c1ccccc1)Cc1scc(-c2ccccc2)c1C(=O)O. The van der Waals surface area contributed by atoms with Crippen molar-refractivity contribution < 1.29 is 14.7 Å². The maximum Gasteiger partial charge on any atom is 0.337 e. The van der Waals surface area contributed by atoms with Crippen LogP contribution in [0.5, 0.6) is 0 Å². The lowest BCUT2D eigenvalue weighted by molar-refractivity contribution is -0.113.